The molecule has 0 aromatic rings. The fraction of sp³-hybridized carbons (Fsp3) is 0.972. The van der Waals surface area contributed by atoms with Crippen LogP contribution in [-0.2, 0) is 14.3 Å². The van der Waals surface area contributed by atoms with Crippen LogP contribution in [0.3, 0.4) is 0 Å². The highest BCUT2D eigenvalue weighted by atomic mass is 16.7. The van der Waals surface area contributed by atoms with Gasteiger partial charge in [0.2, 0.25) is 0 Å². The number of carboxylic acid groups (broad SMARTS) is 1. The van der Waals surface area contributed by atoms with Gasteiger partial charge >= 0.3 is 5.97 Å². The van der Waals surface area contributed by atoms with Crippen LogP contribution in [0.5, 0.6) is 0 Å². The van der Waals surface area contributed by atoms with E-state index in [-0.39, 0.29) is 28.6 Å². The number of hydrogen-bond acceptors (Lipinski definition) is 10. The molecule has 6 rings (SSSR count). The van der Waals surface area contributed by atoms with Crippen molar-refractivity contribution in [3.8, 4) is 0 Å². The Morgan fingerprint density at radius 3 is 2.21 bits per heavy atom. The third-order valence-corrected chi connectivity index (χ3v) is 15.8. The number of rotatable bonds is 9. The lowest BCUT2D eigenvalue weighted by atomic mass is 9.41. The van der Waals surface area contributed by atoms with Crippen molar-refractivity contribution < 1.29 is 55.1 Å². The minimum absolute atomic E-state index is 0.0243. The second-order valence-electron chi connectivity index (χ2n) is 17.9. The smallest absolute Gasteiger partial charge is 0.312 e. The summed E-state index contributed by atoms with van der Waals surface area (Å²) in [6.07, 6.45) is -2.31. The summed E-state index contributed by atoms with van der Waals surface area (Å²) in [5.41, 5.74) is -3.15. The lowest BCUT2D eigenvalue weighted by Crippen LogP contribution is -2.66. The molecule has 11 heteroatoms. The van der Waals surface area contributed by atoms with Crippen LogP contribution in [0.4, 0.5) is 0 Å². The highest BCUT2D eigenvalue weighted by Gasteiger charge is 2.86. The van der Waals surface area contributed by atoms with Crippen LogP contribution < -0.4 is 0 Å². The first-order chi connectivity index (χ1) is 21.8. The standard InChI is InChI=1S/C36H60O11/c1-18(7-10-23(38)31(2,3)45)19-11-12-33(5)21-8-9-22-34(6,30(43)44)25(47-29-28(42)27(41)26(40)20(16-37)46-29)15-24(39)36(22)17-35(21,36)14-13-32(19,33)4/h18-29,37-42,45H,7-17H2,1-6H3,(H,43,44). The third kappa shape index (κ3) is 4.80. The van der Waals surface area contributed by atoms with Gasteiger partial charge in [0.05, 0.1) is 35.9 Å². The van der Waals surface area contributed by atoms with Crippen LogP contribution in [-0.4, -0.2) is 108 Å². The Morgan fingerprint density at radius 2 is 1.60 bits per heavy atom. The number of aliphatic carboxylic acids is 1. The van der Waals surface area contributed by atoms with Gasteiger partial charge in [-0.2, -0.15) is 0 Å². The molecular weight excluding hydrogens is 608 g/mol. The molecule has 5 saturated carbocycles. The zero-order chi connectivity index (χ0) is 34.7. The predicted molar refractivity (Wildman–Crippen MR) is 170 cm³/mol. The molecule has 270 valence electrons. The molecule has 1 heterocycles. The van der Waals surface area contributed by atoms with E-state index in [0.717, 1.165) is 44.9 Å². The van der Waals surface area contributed by atoms with E-state index in [2.05, 4.69) is 20.8 Å². The summed E-state index contributed by atoms with van der Waals surface area (Å²) in [6, 6.07) is 0. The quantitative estimate of drug-likeness (QED) is 0.168. The van der Waals surface area contributed by atoms with Gasteiger partial charge in [-0.15, -0.1) is 0 Å². The molecule has 17 atom stereocenters. The van der Waals surface area contributed by atoms with E-state index >= 15 is 0 Å². The molecule has 1 aliphatic heterocycles. The van der Waals surface area contributed by atoms with Gasteiger partial charge in [-0.05, 0) is 118 Å². The van der Waals surface area contributed by atoms with Crippen molar-refractivity contribution >= 4 is 5.97 Å². The van der Waals surface area contributed by atoms with E-state index in [1.54, 1.807) is 20.8 Å². The van der Waals surface area contributed by atoms with E-state index in [1.165, 1.54) is 0 Å². The number of carbonyl (C=O) groups is 1. The second-order valence-corrected chi connectivity index (χ2v) is 17.9. The summed E-state index contributed by atoms with van der Waals surface area (Å²) >= 11 is 0. The topological polar surface area (TPSA) is 197 Å². The monoisotopic (exact) mass is 668 g/mol. The van der Waals surface area contributed by atoms with Gasteiger partial charge in [0.15, 0.2) is 6.29 Å². The number of carboxylic acids is 1. The van der Waals surface area contributed by atoms with Crippen LogP contribution in [0.2, 0.25) is 0 Å². The van der Waals surface area contributed by atoms with Gasteiger partial charge in [-0.1, -0.05) is 20.8 Å². The average molecular weight is 669 g/mol. The van der Waals surface area contributed by atoms with Crippen LogP contribution in [0.25, 0.3) is 0 Å². The number of fused-ring (bicyclic) bond motifs is 2. The SMILES string of the molecule is CC(CCC(O)C(C)(C)O)C1CCC2(C)C3CCC4C(C)(C(=O)O)C(OC5OC(CO)C(O)C(O)C5O)CC(O)C45CC35CCC12C. The number of aliphatic hydroxyl groups excluding tert-OH is 6. The summed E-state index contributed by atoms with van der Waals surface area (Å²) in [5, 5.41) is 84.7. The average Bonchev–Trinajstić information content (AvgIpc) is 3.62. The number of aliphatic hydroxyl groups is 7. The molecule has 8 N–H and O–H groups in total. The van der Waals surface area contributed by atoms with Crippen molar-refractivity contribution in [1.29, 1.82) is 0 Å². The summed E-state index contributed by atoms with van der Waals surface area (Å²) in [5.74, 6) is -0.190. The molecule has 0 bridgehead atoms. The summed E-state index contributed by atoms with van der Waals surface area (Å²) in [6.45, 7) is 11.6. The van der Waals surface area contributed by atoms with E-state index in [9.17, 15) is 45.6 Å². The molecular formula is C36H60O11. The van der Waals surface area contributed by atoms with E-state index < -0.39 is 78.0 Å². The van der Waals surface area contributed by atoms with Crippen molar-refractivity contribution in [2.75, 3.05) is 6.61 Å². The Bertz CT molecular complexity index is 1210. The highest BCUT2D eigenvalue weighted by molar-refractivity contribution is 5.76. The lowest BCUT2D eigenvalue weighted by molar-refractivity contribution is -0.330. The lowest BCUT2D eigenvalue weighted by Gasteiger charge is -2.64. The van der Waals surface area contributed by atoms with Crippen molar-refractivity contribution in [2.24, 2.45) is 50.7 Å². The first-order valence-corrected chi connectivity index (χ1v) is 18.0. The Kier molecular flexibility index (Phi) is 8.84. The van der Waals surface area contributed by atoms with Crippen LogP contribution in [0, 0.1) is 50.7 Å². The molecule has 0 aromatic carbocycles. The zero-order valence-corrected chi connectivity index (χ0v) is 29.0. The normalized spacial score (nSPS) is 53.6. The summed E-state index contributed by atoms with van der Waals surface area (Å²) < 4.78 is 11.8. The van der Waals surface area contributed by atoms with Crippen molar-refractivity contribution in [1.82, 2.24) is 0 Å². The Labute approximate surface area is 278 Å². The van der Waals surface area contributed by atoms with Gasteiger partial charge in [0, 0.05) is 11.8 Å². The van der Waals surface area contributed by atoms with Crippen molar-refractivity contribution in [3.63, 3.8) is 0 Å². The second kappa shape index (κ2) is 11.6. The van der Waals surface area contributed by atoms with E-state index in [1.807, 2.05) is 0 Å². The van der Waals surface area contributed by atoms with Gasteiger partial charge in [-0.3, -0.25) is 4.79 Å². The molecule has 5 aliphatic carbocycles. The molecule has 0 aromatic heterocycles. The molecule has 11 nitrogen and oxygen atoms in total. The summed E-state index contributed by atoms with van der Waals surface area (Å²) in [4.78, 5) is 13.3. The fourth-order valence-electron chi connectivity index (χ4n) is 12.8. The molecule has 47 heavy (non-hydrogen) atoms. The van der Waals surface area contributed by atoms with E-state index in [4.69, 9.17) is 9.47 Å². The Balaban J connectivity index is 1.24. The Morgan fingerprint density at radius 1 is 0.936 bits per heavy atom. The van der Waals surface area contributed by atoms with Gasteiger partial charge in [0.1, 0.15) is 24.4 Å². The molecule has 2 spiro atoms. The zero-order valence-electron chi connectivity index (χ0n) is 29.0. The molecule has 6 aliphatic rings. The minimum atomic E-state index is -1.66. The molecule has 6 fully saturated rings. The predicted octanol–water partition coefficient (Wildman–Crippen LogP) is 2.19. The van der Waals surface area contributed by atoms with Crippen LogP contribution in [0.15, 0.2) is 0 Å². The molecule has 17 unspecified atom stereocenters. The van der Waals surface area contributed by atoms with Gasteiger partial charge in [-0.25, -0.2) is 0 Å². The highest BCUT2D eigenvalue weighted by Crippen LogP contribution is 2.89. The maximum absolute atomic E-state index is 13.3. The minimum Gasteiger partial charge on any atom is -0.481 e. The van der Waals surface area contributed by atoms with E-state index in [0.29, 0.717) is 30.6 Å². The van der Waals surface area contributed by atoms with Crippen molar-refractivity contribution in [3.05, 3.63) is 0 Å². The number of hydrogen-bond donors (Lipinski definition) is 8. The summed E-state index contributed by atoms with van der Waals surface area (Å²) in [7, 11) is 0. The maximum atomic E-state index is 13.3. The maximum Gasteiger partial charge on any atom is 0.312 e. The third-order valence-electron chi connectivity index (χ3n) is 15.8. The fourth-order valence-corrected chi connectivity index (χ4v) is 12.8. The Hall–Kier alpha value is -0.890. The van der Waals surface area contributed by atoms with Gasteiger partial charge < -0.3 is 50.3 Å². The number of ether oxygens (including phenoxy) is 2. The van der Waals surface area contributed by atoms with Crippen LogP contribution in [0.1, 0.15) is 106 Å². The largest absolute Gasteiger partial charge is 0.481 e. The first kappa shape index (κ1) is 35.9. The molecule has 1 saturated heterocycles. The van der Waals surface area contributed by atoms with Crippen LogP contribution >= 0.6 is 0 Å². The van der Waals surface area contributed by atoms with Gasteiger partial charge in [0.25, 0.3) is 0 Å². The first-order valence-electron chi connectivity index (χ1n) is 18.0. The molecule has 0 radical (unpaired) electrons. The van der Waals surface area contributed by atoms with Crippen molar-refractivity contribution in [2.45, 2.75) is 160 Å². The molecule has 0 amide bonds.